The van der Waals surface area contributed by atoms with Crippen molar-refractivity contribution >= 4 is 21.6 Å². The fraction of sp³-hybridized carbons (Fsp3) is 0.538. The molecule has 2 rings (SSSR count). The van der Waals surface area contributed by atoms with Crippen molar-refractivity contribution in [3.8, 4) is 0 Å². The van der Waals surface area contributed by atoms with Crippen molar-refractivity contribution < 1.29 is 4.74 Å². The maximum absolute atomic E-state index is 12.0. The molecule has 1 aliphatic rings. The van der Waals surface area contributed by atoms with Crippen LogP contribution in [-0.2, 0) is 11.3 Å². The van der Waals surface area contributed by atoms with Gasteiger partial charge in [-0.05, 0) is 35.7 Å². The first kappa shape index (κ1) is 14.3. The van der Waals surface area contributed by atoms with Gasteiger partial charge in [0.15, 0.2) is 0 Å². The second-order valence-electron chi connectivity index (χ2n) is 4.90. The maximum atomic E-state index is 12.0. The highest BCUT2D eigenvalue weighted by atomic mass is 79.9. The monoisotopic (exact) mass is 327 g/mol. The Morgan fingerprint density at radius 3 is 3.16 bits per heavy atom. The molecule has 0 bridgehead atoms. The molecule has 1 N–H and O–H groups in total. The zero-order chi connectivity index (χ0) is 13.9. The quantitative estimate of drug-likeness (QED) is 0.842. The molecule has 0 aliphatic carbocycles. The van der Waals surface area contributed by atoms with Gasteiger partial charge in [-0.3, -0.25) is 4.79 Å². The third kappa shape index (κ3) is 3.25. The number of allylic oxidation sites excluding steroid dienone is 1. The van der Waals surface area contributed by atoms with E-state index in [0.29, 0.717) is 23.2 Å². The maximum Gasteiger partial charge on any atom is 0.283 e. The van der Waals surface area contributed by atoms with Gasteiger partial charge in [-0.1, -0.05) is 6.08 Å². The van der Waals surface area contributed by atoms with Crippen LogP contribution in [0.15, 0.2) is 28.1 Å². The molecule has 1 aromatic heterocycles. The second kappa shape index (κ2) is 5.88. The summed E-state index contributed by atoms with van der Waals surface area (Å²) in [6.07, 6.45) is 5.39. The minimum absolute atomic E-state index is 0.157. The first-order valence-corrected chi connectivity index (χ1v) is 7.09. The molecule has 1 aliphatic heterocycles. The van der Waals surface area contributed by atoms with Crippen LogP contribution in [0.3, 0.4) is 0 Å². The molecule has 1 atom stereocenters. The van der Waals surface area contributed by atoms with Crippen LogP contribution in [0.5, 0.6) is 0 Å². The summed E-state index contributed by atoms with van der Waals surface area (Å²) in [6.45, 7) is 7.55. The molecule has 0 amide bonds. The summed E-state index contributed by atoms with van der Waals surface area (Å²) in [5.74, 6) is 0. The highest BCUT2D eigenvalue weighted by molar-refractivity contribution is 9.10. The Kier molecular flexibility index (Phi) is 4.42. The van der Waals surface area contributed by atoms with Crippen molar-refractivity contribution in [2.24, 2.45) is 0 Å². The van der Waals surface area contributed by atoms with Crippen molar-refractivity contribution in [2.45, 2.75) is 31.9 Å². The SMILES string of the molecule is C=CCn1ncc(NCC2(C)CCCO2)c(Br)c1=O. The predicted octanol–water partition coefficient (Wildman–Crippen LogP) is 2.17. The summed E-state index contributed by atoms with van der Waals surface area (Å²) < 4.78 is 7.55. The van der Waals surface area contributed by atoms with Crippen LogP contribution in [0.1, 0.15) is 19.8 Å². The Morgan fingerprint density at radius 2 is 2.53 bits per heavy atom. The van der Waals surface area contributed by atoms with Crippen molar-refractivity contribution in [1.82, 2.24) is 9.78 Å². The summed E-state index contributed by atoms with van der Waals surface area (Å²) in [7, 11) is 0. The van der Waals surface area contributed by atoms with E-state index < -0.39 is 0 Å². The molecule has 1 saturated heterocycles. The summed E-state index contributed by atoms with van der Waals surface area (Å²) in [6, 6.07) is 0. The Labute approximate surface area is 120 Å². The van der Waals surface area contributed by atoms with E-state index in [1.54, 1.807) is 12.3 Å². The number of hydrogen-bond acceptors (Lipinski definition) is 4. The fourth-order valence-electron chi connectivity index (χ4n) is 2.10. The molecule has 1 aromatic rings. The van der Waals surface area contributed by atoms with E-state index in [1.165, 1.54) is 4.68 Å². The van der Waals surface area contributed by atoms with Crippen LogP contribution < -0.4 is 10.9 Å². The molecule has 1 fully saturated rings. The second-order valence-corrected chi connectivity index (χ2v) is 5.70. The number of aromatic nitrogens is 2. The van der Waals surface area contributed by atoms with Crippen LogP contribution in [0.4, 0.5) is 5.69 Å². The lowest BCUT2D eigenvalue weighted by atomic mass is 10.0. The van der Waals surface area contributed by atoms with E-state index in [0.717, 1.165) is 19.4 Å². The minimum atomic E-state index is -0.164. The molecule has 104 valence electrons. The third-order valence-electron chi connectivity index (χ3n) is 3.24. The number of ether oxygens (including phenoxy) is 1. The van der Waals surface area contributed by atoms with Gasteiger partial charge in [0.25, 0.3) is 5.56 Å². The normalized spacial score (nSPS) is 22.4. The van der Waals surface area contributed by atoms with E-state index in [9.17, 15) is 4.79 Å². The van der Waals surface area contributed by atoms with E-state index in [-0.39, 0.29) is 11.2 Å². The topological polar surface area (TPSA) is 56.1 Å². The van der Waals surface area contributed by atoms with Gasteiger partial charge in [-0.2, -0.15) is 5.10 Å². The average molecular weight is 328 g/mol. The number of nitrogens with zero attached hydrogens (tertiary/aromatic N) is 2. The number of halogens is 1. The molecule has 0 saturated carbocycles. The molecule has 0 spiro atoms. The molecule has 0 aromatic carbocycles. The van der Waals surface area contributed by atoms with Crippen LogP contribution in [0.25, 0.3) is 0 Å². The molecule has 2 heterocycles. The summed E-state index contributed by atoms with van der Waals surface area (Å²) >= 11 is 3.32. The first-order chi connectivity index (χ1) is 9.06. The van der Waals surface area contributed by atoms with Crippen molar-refractivity contribution in [3.05, 3.63) is 33.7 Å². The van der Waals surface area contributed by atoms with Gasteiger partial charge >= 0.3 is 0 Å². The number of nitrogens with one attached hydrogen (secondary N) is 1. The Bertz CT molecular complexity index is 521. The number of anilines is 1. The first-order valence-electron chi connectivity index (χ1n) is 6.30. The average Bonchev–Trinajstić information content (AvgIpc) is 2.82. The summed E-state index contributed by atoms with van der Waals surface area (Å²) in [5, 5.41) is 7.33. The lowest BCUT2D eigenvalue weighted by Crippen LogP contribution is -2.33. The van der Waals surface area contributed by atoms with Gasteiger partial charge < -0.3 is 10.1 Å². The Balaban J connectivity index is 2.11. The lowest BCUT2D eigenvalue weighted by Gasteiger charge is -2.24. The largest absolute Gasteiger partial charge is 0.380 e. The Morgan fingerprint density at radius 1 is 1.74 bits per heavy atom. The van der Waals surface area contributed by atoms with E-state index in [4.69, 9.17) is 4.74 Å². The van der Waals surface area contributed by atoms with Gasteiger partial charge in [0.2, 0.25) is 0 Å². The Hall–Kier alpha value is -1.14. The van der Waals surface area contributed by atoms with Crippen LogP contribution >= 0.6 is 15.9 Å². The highest BCUT2D eigenvalue weighted by Crippen LogP contribution is 2.26. The molecule has 5 nitrogen and oxygen atoms in total. The standard InChI is InChI=1S/C13H18BrN3O2/c1-3-6-17-12(18)11(14)10(8-16-17)15-9-13(2)5-4-7-19-13/h3,8,15H,1,4-7,9H2,2H3. The fourth-order valence-corrected chi connectivity index (χ4v) is 2.55. The third-order valence-corrected chi connectivity index (χ3v) is 4.01. The van der Waals surface area contributed by atoms with E-state index in [1.807, 2.05) is 0 Å². The molecule has 6 heteroatoms. The lowest BCUT2D eigenvalue weighted by molar-refractivity contribution is 0.0315. The molecule has 0 radical (unpaired) electrons. The van der Waals surface area contributed by atoms with Crippen molar-refractivity contribution in [2.75, 3.05) is 18.5 Å². The number of rotatable bonds is 5. The smallest absolute Gasteiger partial charge is 0.283 e. The summed E-state index contributed by atoms with van der Waals surface area (Å²) in [5.41, 5.74) is 0.375. The molecule has 1 unspecified atom stereocenters. The predicted molar refractivity (Wildman–Crippen MR) is 78.5 cm³/mol. The zero-order valence-electron chi connectivity index (χ0n) is 11.0. The molecular formula is C13H18BrN3O2. The van der Waals surface area contributed by atoms with Crippen LogP contribution in [0.2, 0.25) is 0 Å². The molecular weight excluding hydrogens is 310 g/mol. The highest BCUT2D eigenvalue weighted by Gasteiger charge is 2.29. The van der Waals surface area contributed by atoms with Gasteiger partial charge in [0.1, 0.15) is 4.47 Å². The van der Waals surface area contributed by atoms with Gasteiger partial charge in [-0.25, -0.2) is 4.68 Å². The molecule has 19 heavy (non-hydrogen) atoms. The zero-order valence-corrected chi connectivity index (χ0v) is 12.6. The van der Waals surface area contributed by atoms with Crippen molar-refractivity contribution in [3.63, 3.8) is 0 Å². The van der Waals surface area contributed by atoms with Gasteiger partial charge in [-0.15, -0.1) is 6.58 Å². The van der Waals surface area contributed by atoms with Gasteiger partial charge in [0, 0.05) is 13.2 Å². The van der Waals surface area contributed by atoms with Gasteiger partial charge in [0.05, 0.1) is 24.0 Å². The van der Waals surface area contributed by atoms with E-state index in [2.05, 4.69) is 39.8 Å². The van der Waals surface area contributed by atoms with Crippen molar-refractivity contribution in [1.29, 1.82) is 0 Å². The minimum Gasteiger partial charge on any atom is -0.380 e. The van der Waals surface area contributed by atoms with Crippen LogP contribution in [-0.4, -0.2) is 28.5 Å². The van der Waals surface area contributed by atoms with E-state index >= 15 is 0 Å². The summed E-state index contributed by atoms with van der Waals surface area (Å²) in [4.78, 5) is 12.0. The van der Waals surface area contributed by atoms with Crippen LogP contribution in [0, 0.1) is 0 Å². The number of hydrogen-bond donors (Lipinski definition) is 1.